The first-order chi connectivity index (χ1) is 3.31. The monoisotopic (exact) mass is 324 g/mol. The van der Waals surface area contributed by atoms with Gasteiger partial charge in [-0.1, -0.05) is 52.1 Å². The Morgan fingerprint density at radius 1 is 1.43 bits per heavy atom. The predicted molar refractivity (Wildman–Crippen MR) is 51.6 cm³/mol. The van der Waals surface area contributed by atoms with Crippen LogP contribution >= 0.6 is 45.2 Å². The minimum atomic E-state index is 0.928. The lowest BCUT2D eigenvalue weighted by Crippen LogP contribution is -1.94. The van der Waals surface area contributed by atoms with Gasteiger partial charge in [0.15, 0.2) is 0 Å². The molecule has 7 heavy (non-hydrogen) atoms. The number of alkyl halides is 2. The van der Waals surface area contributed by atoms with Gasteiger partial charge in [0.05, 0.1) is 0 Å². The van der Waals surface area contributed by atoms with Gasteiger partial charge < -0.3 is 0 Å². The van der Waals surface area contributed by atoms with Crippen molar-refractivity contribution in [1.82, 2.24) is 0 Å². The van der Waals surface area contributed by atoms with E-state index in [1.807, 2.05) is 0 Å². The first kappa shape index (κ1) is 8.46. The molecule has 0 aliphatic carbocycles. The van der Waals surface area contributed by atoms with E-state index in [1.165, 1.54) is 15.3 Å². The van der Waals surface area contributed by atoms with Crippen molar-refractivity contribution in [3.63, 3.8) is 0 Å². The Bertz CT molecular complexity index is 37.1. The fourth-order valence-corrected chi connectivity index (χ4v) is 1.77. The smallest absolute Gasteiger partial charge is 0.00213 e. The van der Waals surface area contributed by atoms with Crippen LogP contribution in [0.25, 0.3) is 0 Å². The molecule has 0 heterocycles. The van der Waals surface area contributed by atoms with Gasteiger partial charge in [-0.15, -0.1) is 0 Å². The quantitative estimate of drug-likeness (QED) is 0.553. The fourth-order valence-electron chi connectivity index (χ4n) is 0.263. The van der Waals surface area contributed by atoms with Gasteiger partial charge in [0, 0.05) is 4.43 Å². The topological polar surface area (TPSA) is 0 Å². The molecule has 0 bridgehead atoms. The third-order valence-corrected chi connectivity index (χ3v) is 2.99. The summed E-state index contributed by atoms with van der Waals surface area (Å²) in [5.41, 5.74) is 0. The largest absolute Gasteiger partial charge is 0.0864 e. The lowest BCUT2D eigenvalue weighted by molar-refractivity contribution is 0.658. The minimum Gasteiger partial charge on any atom is -0.0864 e. The van der Waals surface area contributed by atoms with Crippen molar-refractivity contribution >= 4 is 45.2 Å². The second-order valence-electron chi connectivity index (χ2n) is 1.74. The summed E-state index contributed by atoms with van der Waals surface area (Å²) in [4.78, 5) is 0. The Morgan fingerprint density at radius 3 is 2.14 bits per heavy atom. The van der Waals surface area contributed by atoms with E-state index >= 15 is 0 Å². The Kier molecular flexibility index (Phi) is 6.76. The molecule has 0 aromatic rings. The summed E-state index contributed by atoms with van der Waals surface area (Å²) in [6, 6.07) is 0. The van der Waals surface area contributed by atoms with E-state index in [2.05, 4.69) is 52.1 Å². The van der Waals surface area contributed by atoms with Crippen LogP contribution in [0.2, 0.25) is 0 Å². The Balaban J connectivity index is 2.83. The standard InChI is InChI=1S/C5H10I2/c1-5(4-7)2-3-6/h5H,2-4H2,1H3. The molecule has 0 spiro atoms. The maximum absolute atomic E-state index is 2.43. The van der Waals surface area contributed by atoms with E-state index < -0.39 is 0 Å². The first-order valence-electron chi connectivity index (χ1n) is 2.43. The van der Waals surface area contributed by atoms with Gasteiger partial charge in [0.2, 0.25) is 0 Å². The summed E-state index contributed by atoms with van der Waals surface area (Å²) in [7, 11) is 0. The maximum Gasteiger partial charge on any atom is 0.00213 e. The molecular formula is C5H10I2. The highest BCUT2D eigenvalue weighted by atomic mass is 127. The molecule has 2 heteroatoms. The van der Waals surface area contributed by atoms with Crippen molar-refractivity contribution in [2.24, 2.45) is 5.92 Å². The van der Waals surface area contributed by atoms with Gasteiger partial charge in [-0.05, 0) is 16.8 Å². The number of hydrogen-bond acceptors (Lipinski definition) is 0. The van der Waals surface area contributed by atoms with E-state index in [4.69, 9.17) is 0 Å². The molecule has 0 amide bonds. The van der Waals surface area contributed by atoms with E-state index in [1.54, 1.807) is 0 Å². The molecule has 0 saturated carbocycles. The fraction of sp³-hybridized carbons (Fsp3) is 1.00. The van der Waals surface area contributed by atoms with E-state index in [-0.39, 0.29) is 0 Å². The summed E-state index contributed by atoms with van der Waals surface area (Å²) in [6.07, 6.45) is 1.38. The van der Waals surface area contributed by atoms with Crippen molar-refractivity contribution in [3.8, 4) is 0 Å². The second kappa shape index (κ2) is 5.59. The minimum absolute atomic E-state index is 0.928. The average molecular weight is 324 g/mol. The van der Waals surface area contributed by atoms with Crippen LogP contribution < -0.4 is 0 Å². The maximum atomic E-state index is 2.43. The molecule has 0 aromatic carbocycles. The van der Waals surface area contributed by atoms with E-state index in [0.29, 0.717) is 0 Å². The van der Waals surface area contributed by atoms with Crippen molar-refractivity contribution in [2.45, 2.75) is 13.3 Å². The zero-order chi connectivity index (χ0) is 5.70. The summed E-state index contributed by atoms with van der Waals surface area (Å²) in [5, 5.41) is 0. The zero-order valence-corrected chi connectivity index (χ0v) is 8.77. The Labute approximate surface area is 72.7 Å². The lowest BCUT2D eigenvalue weighted by atomic mass is 10.2. The predicted octanol–water partition coefficient (Wildman–Crippen LogP) is 2.88. The van der Waals surface area contributed by atoms with Crippen LogP contribution in [0.4, 0.5) is 0 Å². The van der Waals surface area contributed by atoms with E-state index in [9.17, 15) is 0 Å². The molecule has 44 valence electrons. The average Bonchev–Trinajstić information content (AvgIpc) is 1.68. The summed E-state index contributed by atoms with van der Waals surface area (Å²) in [6.45, 7) is 2.30. The number of rotatable bonds is 3. The molecule has 0 saturated heterocycles. The SMILES string of the molecule is CC(CI)CCI. The molecule has 1 atom stereocenters. The third kappa shape index (κ3) is 5.33. The lowest BCUT2D eigenvalue weighted by Gasteiger charge is -2.00. The summed E-state index contributed by atoms with van der Waals surface area (Å²) < 4.78 is 2.61. The van der Waals surface area contributed by atoms with Gasteiger partial charge in [0.25, 0.3) is 0 Å². The van der Waals surface area contributed by atoms with Crippen LogP contribution in [0.1, 0.15) is 13.3 Å². The summed E-state index contributed by atoms with van der Waals surface area (Å²) in [5.74, 6) is 0.928. The summed E-state index contributed by atoms with van der Waals surface area (Å²) >= 11 is 4.86. The van der Waals surface area contributed by atoms with Crippen LogP contribution in [0.5, 0.6) is 0 Å². The third-order valence-electron chi connectivity index (χ3n) is 0.865. The van der Waals surface area contributed by atoms with Crippen LogP contribution in [0.3, 0.4) is 0 Å². The second-order valence-corrected chi connectivity index (χ2v) is 3.70. The highest BCUT2D eigenvalue weighted by Crippen LogP contribution is 2.06. The first-order valence-corrected chi connectivity index (χ1v) is 5.48. The Morgan fingerprint density at radius 2 is 2.00 bits per heavy atom. The molecule has 0 fully saturated rings. The molecular weight excluding hydrogens is 314 g/mol. The molecule has 0 nitrogen and oxygen atoms in total. The van der Waals surface area contributed by atoms with Gasteiger partial charge >= 0.3 is 0 Å². The molecule has 0 aliphatic rings. The van der Waals surface area contributed by atoms with Crippen molar-refractivity contribution in [1.29, 1.82) is 0 Å². The molecule has 0 radical (unpaired) electrons. The van der Waals surface area contributed by atoms with Crippen LogP contribution in [0, 0.1) is 5.92 Å². The molecule has 0 rings (SSSR count). The number of hydrogen-bond donors (Lipinski definition) is 0. The van der Waals surface area contributed by atoms with Crippen molar-refractivity contribution in [3.05, 3.63) is 0 Å². The van der Waals surface area contributed by atoms with Gasteiger partial charge in [-0.25, -0.2) is 0 Å². The van der Waals surface area contributed by atoms with Gasteiger partial charge in [0.1, 0.15) is 0 Å². The highest BCUT2D eigenvalue weighted by molar-refractivity contribution is 14.1. The normalized spacial score (nSPS) is 14.1. The van der Waals surface area contributed by atoms with Crippen molar-refractivity contribution in [2.75, 3.05) is 8.86 Å². The zero-order valence-electron chi connectivity index (χ0n) is 4.45. The molecule has 1 unspecified atom stereocenters. The molecule has 0 aromatic heterocycles. The van der Waals surface area contributed by atoms with E-state index in [0.717, 1.165) is 5.92 Å². The number of halogens is 2. The van der Waals surface area contributed by atoms with Crippen LogP contribution in [0.15, 0.2) is 0 Å². The van der Waals surface area contributed by atoms with Crippen LogP contribution in [-0.4, -0.2) is 8.86 Å². The van der Waals surface area contributed by atoms with Crippen LogP contribution in [-0.2, 0) is 0 Å². The van der Waals surface area contributed by atoms with Crippen molar-refractivity contribution < 1.29 is 0 Å². The Hall–Kier alpha value is 1.46. The molecule has 0 N–H and O–H groups in total. The highest BCUT2D eigenvalue weighted by Gasteiger charge is 1.94. The van der Waals surface area contributed by atoms with Gasteiger partial charge in [-0.2, -0.15) is 0 Å². The molecule has 0 aliphatic heterocycles. The van der Waals surface area contributed by atoms with Gasteiger partial charge in [-0.3, -0.25) is 0 Å².